The van der Waals surface area contributed by atoms with Crippen molar-refractivity contribution in [3.63, 3.8) is 0 Å². The van der Waals surface area contributed by atoms with Gasteiger partial charge in [0.2, 0.25) is 5.91 Å². The molecular weight excluding hydrogens is 439 g/mol. The van der Waals surface area contributed by atoms with Crippen molar-refractivity contribution >= 4 is 28.7 Å². The Kier molecular flexibility index (Phi) is 6.16. The minimum atomic E-state index is -4.58. The molecule has 0 spiro atoms. The van der Waals surface area contributed by atoms with E-state index in [0.29, 0.717) is 13.1 Å². The van der Waals surface area contributed by atoms with Gasteiger partial charge in [-0.1, -0.05) is 0 Å². The number of fused-ring (bicyclic) bond motifs is 1. The molecule has 0 radical (unpaired) electrons. The van der Waals surface area contributed by atoms with E-state index in [4.69, 9.17) is 11.0 Å². The molecule has 176 valence electrons. The third-order valence-electron chi connectivity index (χ3n) is 6.34. The average Bonchev–Trinajstić information content (AvgIpc) is 3.12. The van der Waals surface area contributed by atoms with Gasteiger partial charge in [0.05, 0.1) is 29.7 Å². The first-order valence-corrected chi connectivity index (χ1v) is 10.7. The lowest BCUT2D eigenvalue weighted by Gasteiger charge is -2.45. The fraction of sp³-hybridized carbons (Fsp3) is 0.524. The first-order valence-electron chi connectivity index (χ1n) is 10.7. The van der Waals surface area contributed by atoms with Crippen molar-refractivity contribution in [1.29, 1.82) is 5.26 Å². The van der Waals surface area contributed by atoms with Crippen molar-refractivity contribution in [1.82, 2.24) is 20.0 Å². The lowest BCUT2D eigenvalue weighted by molar-refractivity contribution is -0.138. The number of carbonyl (C=O) groups is 2. The second-order valence-corrected chi connectivity index (χ2v) is 8.43. The highest BCUT2D eigenvalue weighted by Crippen LogP contribution is 2.34. The third kappa shape index (κ3) is 4.59. The van der Waals surface area contributed by atoms with Gasteiger partial charge >= 0.3 is 12.2 Å². The minimum Gasteiger partial charge on any atom is -0.359 e. The van der Waals surface area contributed by atoms with Crippen LogP contribution in [0.2, 0.25) is 0 Å². The van der Waals surface area contributed by atoms with Crippen molar-refractivity contribution in [2.45, 2.75) is 43.9 Å². The van der Waals surface area contributed by atoms with E-state index in [1.54, 1.807) is 0 Å². The smallest absolute Gasteiger partial charge is 0.359 e. The highest BCUT2D eigenvalue weighted by atomic mass is 19.4. The monoisotopic (exact) mass is 463 g/mol. The van der Waals surface area contributed by atoms with Crippen molar-refractivity contribution in [2.75, 3.05) is 25.0 Å². The number of amides is 2. The van der Waals surface area contributed by atoms with Gasteiger partial charge in [-0.3, -0.25) is 4.79 Å². The number of alkyl halides is 3. The number of carbonyl (C=O) groups excluding carboxylic acids is 2. The molecule has 0 atom stereocenters. The van der Waals surface area contributed by atoms with Gasteiger partial charge in [-0.25, -0.2) is 4.79 Å². The molecule has 1 aromatic carbocycles. The second kappa shape index (κ2) is 8.90. The lowest BCUT2D eigenvalue weighted by Crippen LogP contribution is -2.63. The Morgan fingerprint density at radius 1 is 1.24 bits per heavy atom. The topological polar surface area (TPSA) is 129 Å². The number of hydrogen-bond acceptors (Lipinski definition) is 6. The van der Waals surface area contributed by atoms with Crippen LogP contribution in [0.1, 0.15) is 31.2 Å². The van der Waals surface area contributed by atoms with E-state index in [0.717, 1.165) is 48.6 Å². The number of hydrogen-bond donors (Lipinski definition) is 3. The zero-order chi connectivity index (χ0) is 23.8. The van der Waals surface area contributed by atoms with E-state index in [1.165, 1.54) is 0 Å². The molecule has 0 bridgehead atoms. The van der Waals surface area contributed by atoms with E-state index < -0.39 is 17.8 Å². The van der Waals surface area contributed by atoms with E-state index in [9.17, 15) is 22.8 Å². The van der Waals surface area contributed by atoms with E-state index in [2.05, 4.69) is 21.8 Å². The van der Waals surface area contributed by atoms with E-state index in [1.807, 2.05) is 4.90 Å². The van der Waals surface area contributed by atoms with Gasteiger partial charge in [0.25, 0.3) is 0 Å². The van der Waals surface area contributed by atoms with Gasteiger partial charge in [0.1, 0.15) is 0 Å². The quantitative estimate of drug-likeness (QED) is 0.624. The zero-order valence-corrected chi connectivity index (χ0v) is 17.7. The van der Waals surface area contributed by atoms with Crippen LogP contribution < -0.4 is 16.4 Å². The molecule has 1 saturated heterocycles. The van der Waals surface area contributed by atoms with Gasteiger partial charge in [-0.15, -0.1) is 5.10 Å². The van der Waals surface area contributed by atoms with Crippen LogP contribution in [0.5, 0.6) is 0 Å². The Labute approximate surface area is 187 Å². The summed E-state index contributed by atoms with van der Waals surface area (Å²) < 4.78 is 40.4. The number of nitriles is 1. The summed E-state index contributed by atoms with van der Waals surface area (Å²) in [7, 11) is 0. The highest BCUT2D eigenvalue weighted by molar-refractivity contribution is 5.97. The number of primary amides is 1. The maximum absolute atomic E-state index is 13.2. The number of halogens is 3. The molecule has 1 aliphatic carbocycles. The predicted octanol–water partition coefficient (Wildman–Crippen LogP) is 2.28. The van der Waals surface area contributed by atoms with Crippen LogP contribution in [-0.2, 0) is 11.0 Å². The van der Waals surface area contributed by atoms with Crippen LogP contribution >= 0.6 is 0 Å². The van der Waals surface area contributed by atoms with Crippen LogP contribution in [0.15, 0.2) is 18.2 Å². The largest absolute Gasteiger partial charge is 0.416 e. The third-order valence-corrected chi connectivity index (χ3v) is 6.34. The Hall–Kier alpha value is -3.33. The molecule has 2 fully saturated rings. The summed E-state index contributed by atoms with van der Waals surface area (Å²) in [6.07, 6.45) is -1.66. The molecule has 1 saturated carbocycles. The fourth-order valence-corrected chi connectivity index (χ4v) is 4.50. The van der Waals surface area contributed by atoms with Gasteiger partial charge in [-0.05, 0) is 43.9 Å². The molecule has 33 heavy (non-hydrogen) atoms. The average molecular weight is 463 g/mol. The van der Waals surface area contributed by atoms with Gasteiger partial charge in [0.15, 0.2) is 5.82 Å². The molecule has 4 rings (SSSR count). The Morgan fingerprint density at radius 3 is 2.48 bits per heavy atom. The number of rotatable bonds is 5. The lowest BCUT2D eigenvalue weighted by atomic mass is 9.85. The molecule has 1 aromatic heterocycles. The van der Waals surface area contributed by atoms with Crippen LogP contribution in [0.3, 0.4) is 0 Å². The standard InChI is InChI=1S/C21H24F3N7O2/c22-21(23,24)13-3-6-17-16(7-13)19(29-31(17)20(26)33)28-11-18(32)30(15-9-27-10-15)14-4-1-12(8-25)2-5-14/h3,6-7,12,14-15,27H,1-2,4-5,9-11H2,(H2,26,33)(H,28,29). The molecule has 4 N–H and O–H groups in total. The van der Waals surface area contributed by atoms with Crippen LogP contribution in [-0.4, -0.2) is 58.3 Å². The Morgan fingerprint density at radius 2 is 1.94 bits per heavy atom. The fourth-order valence-electron chi connectivity index (χ4n) is 4.50. The van der Waals surface area contributed by atoms with Crippen LogP contribution in [0, 0.1) is 17.2 Å². The molecule has 2 amide bonds. The summed E-state index contributed by atoms with van der Waals surface area (Å²) in [6, 6.07) is 4.23. The van der Waals surface area contributed by atoms with Gasteiger partial charge < -0.3 is 21.3 Å². The number of aromatic nitrogens is 2. The molecule has 2 aliphatic rings. The van der Waals surface area contributed by atoms with Gasteiger partial charge in [0, 0.05) is 30.4 Å². The Balaban J connectivity index is 1.55. The number of nitrogens with two attached hydrogens (primary N) is 1. The second-order valence-electron chi connectivity index (χ2n) is 8.43. The molecule has 2 aromatic rings. The van der Waals surface area contributed by atoms with Crippen molar-refractivity contribution in [2.24, 2.45) is 11.7 Å². The molecule has 0 unspecified atom stereocenters. The normalized spacial score (nSPS) is 21.3. The SMILES string of the molecule is N#CC1CCC(N(C(=O)CNc2nn(C(N)=O)c3ccc(C(F)(F)F)cc23)C2CNC2)CC1. The first-order chi connectivity index (χ1) is 15.7. The molecule has 2 heterocycles. The zero-order valence-electron chi connectivity index (χ0n) is 17.7. The first kappa shape index (κ1) is 22.8. The van der Waals surface area contributed by atoms with E-state index in [-0.39, 0.29) is 47.2 Å². The summed E-state index contributed by atoms with van der Waals surface area (Å²) in [5.74, 6) is -0.235. The minimum absolute atomic E-state index is 0.00259. The summed E-state index contributed by atoms with van der Waals surface area (Å²) in [5.41, 5.74) is 4.53. The van der Waals surface area contributed by atoms with Crippen molar-refractivity contribution in [3.8, 4) is 6.07 Å². The van der Waals surface area contributed by atoms with E-state index >= 15 is 0 Å². The summed E-state index contributed by atoms with van der Waals surface area (Å²) in [4.78, 5) is 26.7. The highest BCUT2D eigenvalue weighted by Gasteiger charge is 2.36. The number of nitrogens with one attached hydrogen (secondary N) is 2. The maximum Gasteiger partial charge on any atom is 0.416 e. The molecule has 1 aliphatic heterocycles. The van der Waals surface area contributed by atoms with Crippen LogP contribution in [0.25, 0.3) is 10.9 Å². The van der Waals surface area contributed by atoms with Crippen LogP contribution in [0.4, 0.5) is 23.8 Å². The number of nitrogens with zero attached hydrogens (tertiary/aromatic N) is 4. The maximum atomic E-state index is 13.2. The number of anilines is 1. The molecule has 9 nitrogen and oxygen atoms in total. The van der Waals surface area contributed by atoms with Crippen molar-refractivity contribution < 1.29 is 22.8 Å². The predicted molar refractivity (Wildman–Crippen MR) is 113 cm³/mol. The molecular formula is C21H24F3N7O2. The summed E-state index contributed by atoms with van der Waals surface area (Å²) in [5, 5.41) is 19.1. The number of benzene rings is 1. The van der Waals surface area contributed by atoms with Gasteiger partial charge in [-0.2, -0.15) is 23.1 Å². The summed E-state index contributed by atoms with van der Waals surface area (Å²) in [6.45, 7) is 1.13. The van der Waals surface area contributed by atoms with Crippen molar-refractivity contribution in [3.05, 3.63) is 23.8 Å². The summed E-state index contributed by atoms with van der Waals surface area (Å²) >= 11 is 0. The Bertz CT molecular complexity index is 1100. The molecule has 12 heteroatoms.